The number of aliphatic hydroxyl groups is 1. The van der Waals surface area contributed by atoms with Crippen LogP contribution >= 0.6 is 0 Å². The maximum absolute atomic E-state index is 12.4. The topological polar surface area (TPSA) is 99.1 Å². The predicted octanol–water partition coefficient (Wildman–Crippen LogP) is 1.22. The third-order valence-corrected chi connectivity index (χ3v) is 4.85. The van der Waals surface area contributed by atoms with E-state index in [0.29, 0.717) is 18.4 Å². The summed E-state index contributed by atoms with van der Waals surface area (Å²) in [6.45, 7) is 6.95. The van der Waals surface area contributed by atoms with Crippen LogP contribution in [0.25, 0.3) is 0 Å². The largest absolute Gasteiger partial charge is 0.457 e. The lowest BCUT2D eigenvalue weighted by Crippen LogP contribution is -2.28. The first-order valence-electron chi connectivity index (χ1n) is 8.65. The average molecular weight is 362 g/mol. The van der Waals surface area contributed by atoms with Gasteiger partial charge in [-0.05, 0) is 30.6 Å². The van der Waals surface area contributed by atoms with E-state index in [0.717, 1.165) is 0 Å². The van der Waals surface area contributed by atoms with Gasteiger partial charge in [-0.15, -0.1) is 0 Å². The van der Waals surface area contributed by atoms with Crippen molar-refractivity contribution in [2.75, 3.05) is 6.61 Å². The fourth-order valence-electron chi connectivity index (χ4n) is 3.33. The first-order valence-corrected chi connectivity index (χ1v) is 8.65. The Balaban J connectivity index is 1.97. The highest BCUT2D eigenvalue weighted by atomic mass is 16.6. The molecule has 1 N–H and O–H groups in total. The van der Waals surface area contributed by atoms with Gasteiger partial charge in [0.15, 0.2) is 0 Å². The molecule has 7 heteroatoms. The lowest BCUT2D eigenvalue weighted by atomic mass is 9.87. The lowest BCUT2D eigenvalue weighted by Gasteiger charge is -2.22. The molecule has 140 valence electrons. The first kappa shape index (κ1) is 18.4. The number of hydrogen-bond donors (Lipinski definition) is 1. The van der Waals surface area contributed by atoms with E-state index in [1.165, 1.54) is 0 Å². The highest BCUT2D eigenvalue weighted by Gasteiger charge is 2.47. The van der Waals surface area contributed by atoms with E-state index in [2.05, 4.69) is 6.58 Å². The van der Waals surface area contributed by atoms with Gasteiger partial charge in [0.2, 0.25) is 0 Å². The second-order valence-electron chi connectivity index (χ2n) is 7.01. The highest BCUT2D eigenvalue weighted by Crippen LogP contribution is 2.38. The van der Waals surface area contributed by atoms with Gasteiger partial charge in [-0.2, -0.15) is 0 Å². The molecule has 1 saturated heterocycles. The van der Waals surface area contributed by atoms with Crippen LogP contribution in [0.2, 0.25) is 0 Å². The zero-order valence-electron chi connectivity index (χ0n) is 14.8. The summed E-state index contributed by atoms with van der Waals surface area (Å²) >= 11 is 0. The maximum atomic E-state index is 12.4. The molecule has 0 aromatic heterocycles. The normalized spacial score (nSPS) is 33.0. The molecule has 0 spiro atoms. The van der Waals surface area contributed by atoms with E-state index in [9.17, 15) is 19.5 Å². The minimum absolute atomic E-state index is 0.218. The van der Waals surface area contributed by atoms with Gasteiger partial charge in [-0.1, -0.05) is 20.4 Å². The van der Waals surface area contributed by atoms with Crippen LogP contribution in [0, 0.1) is 11.8 Å². The van der Waals surface area contributed by atoms with Gasteiger partial charge in [0.05, 0.1) is 24.0 Å². The Bertz CT molecular complexity index is 715. The summed E-state index contributed by atoms with van der Waals surface area (Å²) in [4.78, 5) is 36.3. The Morgan fingerprint density at radius 3 is 2.58 bits per heavy atom. The number of fused-ring (bicyclic) bond motifs is 3. The molecule has 3 rings (SSSR count). The van der Waals surface area contributed by atoms with Crippen molar-refractivity contribution in [2.24, 2.45) is 11.8 Å². The van der Waals surface area contributed by atoms with Crippen molar-refractivity contribution in [2.45, 2.75) is 45.0 Å². The van der Waals surface area contributed by atoms with Gasteiger partial charge in [0, 0.05) is 5.57 Å². The molecule has 7 nitrogen and oxygen atoms in total. The second-order valence-corrected chi connectivity index (χ2v) is 7.01. The van der Waals surface area contributed by atoms with Crippen LogP contribution in [0.15, 0.2) is 35.5 Å². The van der Waals surface area contributed by atoms with Crippen LogP contribution in [-0.2, 0) is 28.6 Å². The molecule has 3 aliphatic rings. The molecule has 0 aromatic carbocycles. The van der Waals surface area contributed by atoms with Crippen LogP contribution in [0.5, 0.6) is 0 Å². The zero-order chi connectivity index (χ0) is 19.0. The number of aliphatic hydroxyl groups excluding tert-OH is 1. The molecule has 2 aliphatic heterocycles. The van der Waals surface area contributed by atoms with Crippen LogP contribution in [0.3, 0.4) is 0 Å². The molecule has 0 unspecified atom stereocenters. The van der Waals surface area contributed by atoms with Crippen molar-refractivity contribution >= 4 is 17.9 Å². The van der Waals surface area contributed by atoms with Crippen molar-refractivity contribution in [3.63, 3.8) is 0 Å². The van der Waals surface area contributed by atoms with E-state index >= 15 is 0 Å². The fourth-order valence-corrected chi connectivity index (χ4v) is 3.33. The Morgan fingerprint density at radius 1 is 1.27 bits per heavy atom. The van der Waals surface area contributed by atoms with E-state index in [4.69, 9.17) is 14.2 Å². The summed E-state index contributed by atoms with van der Waals surface area (Å²) in [6.07, 6.45) is 1.84. The van der Waals surface area contributed by atoms with Crippen molar-refractivity contribution in [3.8, 4) is 0 Å². The Labute approximate surface area is 151 Å². The minimum atomic E-state index is -0.764. The molecule has 2 heterocycles. The summed E-state index contributed by atoms with van der Waals surface area (Å²) in [7, 11) is 0. The molecule has 0 saturated carbocycles. The number of rotatable bonds is 3. The summed E-state index contributed by atoms with van der Waals surface area (Å²) in [5, 5.41) is 9.63. The van der Waals surface area contributed by atoms with Gasteiger partial charge < -0.3 is 19.3 Å². The number of carbonyl (C=O) groups is 3. The van der Waals surface area contributed by atoms with Crippen molar-refractivity contribution in [3.05, 3.63) is 35.5 Å². The predicted molar refractivity (Wildman–Crippen MR) is 89.6 cm³/mol. The lowest BCUT2D eigenvalue weighted by molar-refractivity contribution is -0.153. The van der Waals surface area contributed by atoms with Crippen molar-refractivity contribution in [1.29, 1.82) is 0 Å². The van der Waals surface area contributed by atoms with Gasteiger partial charge in [-0.25, -0.2) is 9.59 Å². The molecule has 4 atom stereocenters. The molecular formula is C19H22O7. The molecule has 2 bridgehead atoms. The number of ether oxygens (including phenoxy) is 3. The number of esters is 3. The Hall–Kier alpha value is -2.41. The third-order valence-electron chi connectivity index (χ3n) is 4.85. The zero-order valence-corrected chi connectivity index (χ0v) is 14.8. The average Bonchev–Trinajstić information content (AvgIpc) is 3.09. The molecular weight excluding hydrogens is 340 g/mol. The Morgan fingerprint density at radius 2 is 1.92 bits per heavy atom. The van der Waals surface area contributed by atoms with Crippen LogP contribution in [-0.4, -0.2) is 47.9 Å². The van der Waals surface area contributed by atoms with Gasteiger partial charge in [0.1, 0.15) is 18.3 Å². The van der Waals surface area contributed by atoms with Gasteiger partial charge >= 0.3 is 17.9 Å². The highest BCUT2D eigenvalue weighted by molar-refractivity contribution is 5.94. The number of carbonyl (C=O) groups excluding carboxylic acids is 3. The van der Waals surface area contributed by atoms with E-state index in [1.54, 1.807) is 26.0 Å². The summed E-state index contributed by atoms with van der Waals surface area (Å²) in [5.41, 5.74) is 1.12. The van der Waals surface area contributed by atoms with E-state index < -0.39 is 42.1 Å². The van der Waals surface area contributed by atoms with Gasteiger partial charge in [-0.3, -0.25) is 4.79 Å². The molecule has 0 amide bonds. The molecule has 1 aliphatic carbocycles. The quantitative estimate of drug-likeness (QED) is 0.349. The monoisotopic (exact) mass is 362 g/mol. The summed E-state index contributed by atoms with van der Waals surface area (Å²) in [5.74, 6) is -2.44. The van der Waals surface area contributed by atoms with Gasteiger partial charge in [0.25, 0.3) is 0 Å². The maximum Gasteiger partial charge on any atom is 0.338 e. The smallest absolute Gasteiger partial charge is 0.338 e. The third kappa shape index (κ3) is 3.31. The van der Waals surface area contributed by atoms with Crippen LogP contribution in [0.1, 0.15) is 26.7 Å². The van der Waals surface area contributed by atoms with E-state index in [1.807, 2.05) is 0 Å². The van der Waals surface area contributed by atoms with Crippen LogP contribution < -0.4 is 0 Å². The standard InChI is InChI=1S/C19H22O7/c1-9(2)17(21)24-13-5-4-11(8-20)6-14-16(10(3)18(22)25-14)15-7-12(13)19(23)26-15/h6-7,9,13-16,20H,3-5,8H2,1-2H3/b11-6-/t13-,14-,15+,16+/m0/s1. The molecule has 0 aromatic rings. The SMILES string of the molecule is C=C1C(=O)O[C@H]2/C=C(\CO)CC[C@H](OC(=O)C(C)C)C3=C[C@@H](OC3=O)[C@H]12. The minimum Gasteiger partial charge on any atom is -0.457 e. The van der Waals surface area contributed by atoms with E-state index in [-0.39, 0.29) is 23.7 Å². The molecule has 0 radical (unpaired) electrons. The summed E-state index contributed by atoms with van der Waals surface area (Å²) in [6, 6.07) is 0. The number of hydrogen-bond acceptors (Lipinski definition) is 7. The molecule has 1 fully saturated rings. The molecule has 26 heavy (non-hydrogen) atoms. The van der Waals surface area contributed by atoms with Crippen molar-refractivity contribution < 1.29 is 33.7 Å². The van der Waals surface area contributed by atoms with Crippen LogP contribution in [0.4, 0.5) is 0 Å². The second kappa shape index (κ2) is 7.07. The summed E-state index contributed by atoms with van der Waals surface area (Å²) < 4.78 is 16.2. The fraction of sp³-hybridized carbons (Fsp3) is 0.526. The Kier molecular flexibility index (Phi) is 5.00. The van der Waals surface area contributed by atoms with Crippen molar-refractivity contribution in [1.82, 2.24) is 0 Å². The first-order chi connectivity index (χ1) is 12.3.